The summed E-state index contributed by atoms with van der Waals surface area (Å²) >= 11 is 0. The van der Waals surface area contributed by atoms with E-state index in [1.807, 2.05) is 0 Å². The molecule has 4 aromatic rings. The van der Waals surface area contributed by atoms with Gasteiger partial charge in [-0.25, -0.2) is 9.97 Å². The van der Waals surface area contributed by atoms with Gasteiger partial charge in [0.25, 0.3) is 11.1 Å². The zero-order valence-corrected chi connectivity index (χ0v) is 12.2. The topological polar surface area (TPSA) is 201 Å². The maximum atomic E-state index is 11.8. The molecule has 0 saturated carbocycles. The molecule has 12 heteroatoms. The first-order chi connectivity index (χ1) is 11.5. The summed E-state index contributed by atoms with van der Waals surface area (Å²) in [7, 11) is 0. The first-order valence-corrected chi connectivity index (χ1v) is 6.98. The van der Waals surface area contributed by atoms with Gasteiger partial charge in [-0.15, -0.1) is 0 Å². The summed E-state index contributed by atoms with van der Waals surface area (Å²) in [5, 5.41) is 0. The second-order valence-corrected chi connectivity index (χ2v) is 5.17. The van der Waals surface area contributed by atoms with Crippen LogP contribution in [0.4, 0.5) is 11.9 Å². The Bertz CT molecular complexity index is 1090. The van der Waals surface area contributed by atoms with Gasteiger partial charge in [-0.1, -0.05) is 0 Å². The van der Waals surface area contributed by atoms with Crippen LogP contribution in [0.3, 0.4) is 0 Å². The third-order valence-corrected chi connectivity index (χ3v) is 3.46. The summed E-state index contributed by atoms with van der Waals surface area (Å²) in [5.74, 6) is 1.11. The van der Waals surface area contributed by atoms with Crippen molar-refractivity contribution < 1.29 is 0 Å². The van der Waals surface area contributed by atoms with Crippen LogP contribution in [0.1, 0.15) is 11.6 Å². The van der Waals surface area contributed by atoms with Crippen molar-refractivity contribution in [2.45, 2.75) is 12.8 Å². The number of hydrogen-bond acceptors (Lipinski definition) is 8. The van der Waals surface area contributed by atoms with Crippen molar-refractivity contribution >= 4 is 34.2 Å². The SMILES string of the molecule is Nc1nc2nc(CCc3nc4nc(N)[nH]c(=O)c4[nH]3)[nH]c2c(=O)[nH]1. The molecule has 122 valence electrons. The first-order valence-electron chi connectivity index (χ1n) is 6.98. The number of nitrogens with one attached hydrogen (secondary N) is 4. The van der Waals surface area contributed by atoms with Crippen molar-refractivity contribution in [1.29, 1.82) is 0 Å². The molecule has 0 saturated heterocycles. The molecule has 0 aliphatic heterocycles. The molecule has 0 aromatic carbocycles. The molecule has 0 fully saturated rings. The van der Waals surface area contributed by atoms with E-state index >= 15 is 0 Å². The van der Waals surface area contributed by atoms with Gasteiger partial charge in [-0.05, 0) is 0 Å². The molecule has 12 nitrogen and oxygen atoms in total. The Morgan fingerprint density at radius 3 is 1.50 bits per heavy atom. The number of aromatic amines is 4. The minimum absolute atomic E-state index is 0.00530. The van der Waals surface area contributed by atoms with Gasteiger partial charge in [-0.2, -0.15) is 9.97 Å². The number of anilines is 2. The average Bonchev–Trinajstić information content (AvgIpc) is 3.08. The molecule has 0 aliphatic carbocycles. The van der Waals surface area contributed by atoms with Crippen molar-refractivity contribution in [2.75, 3.05) is 11.5 Å². The number of aromatic nitrogens is 8. The van der Waals surface area contributed by atoms with Crippen molar-refractivity contribution in [3.8, 4) is 0 Å². The van der Waals surface area contributed by atoms with Crippen LogP contribution in [0, 0.1) is 0 Å². The summed E-state index contributed by atoms with van der Waals surface area (Å²) in [6.45, 7) is 0. The third kappa shape index (κ3) is 2.25. The van der Waals surface area contributed by atoms with Crippen LogP contribution in [-0.2, 0) is 12.8 Å². The van der Waals surface area contributed by atoms with Gasteiger partial charge in [0.15, 0.2) is 22.3 Å². The largest absolute Gasteiger partial charge is 0.369 e. The second-order valence-electron chi connectivity index (χ2n) is 5.17. The zero-order valence-electron chi connectivity index (χ0n) is 12.2. The van der Waals surface area contributed by atoms with Crippen molar-refractivity contribution in [3.63, 3.8) is 0 Å². The number of fused-ring (bicyclic) bond motifs is 2. The van der Waals surface area contributed by atoms with Crippen LogP contribution in [0.2, 0.25) is 0 Å². The van der Waals surface area contributed by atoms with Crippen LogP contribution in [0.15, 0.2) is 9.59 Å². The minimum atomic E-state index is -0.383. The maximum Gasteiger partial charge on any atom is 0.278 e. The summed E-state index contributed by atoms with van der Waals surface area (Å²) < 4.78 is 0. The number of imidazole rings is 2. The van der Waals surface area contributed by atoms with E-state index in [4.69, 9.17) is 11.5 Å². The van der Waals surface area contributed by atoms with E-state index in [2.05, 4.69) is 39.9 Å². The number of H-pyrrole nitrogens is 4. The van der Waals surface area contributed by atoms with E-state index < -0.39 is 0 Å². The second kappa shape index (κ2) is 4.91. The number of nitrogens with zero attached hydrogens (tertiary/aromatic N) is 4. The normalized spacial score (nSPS) is 11.5. The molecule has 0 atom stereocenters. The molecule has 0 amide bonds. The van der Waals surface area contributed by atoms with E-state index in [-0.39, 0.29) is 45.3 Å². The van der Waals surface area contributed by atoms with Crippen molar-refractivity contribution in [2.24, 2.45) is 0 Å². The molecule has 0 bridgehead atoms. The van der Waals surface area contributed by atoms with E-state index in [0.717, 1.165) is 0 Å². The fourth-order valence-corrected chi connectivity index (χ4v) is 2.42. The van der Waals surface area contributed by atoms with Gasteiger partial charge in [0, 0.05) is 12.8 Å². The van der Waals surface area contributed by atoms with Crippen molar-refractivity contribution in [3.05, 3.63) is 32.4 Å². The van der Waals surface area contributed by atoms with E-state index in [9.17, 15) is 9.59 Å². The highest BCUT2D eigenvalue weighted by Gasteiger charge is 2.12. The number of rotatable bonds is 3. The molecular formula is C12H12N10O2. The molecule has 4 aromatic heterocycles. The molecule has 24 heavy (non-hydrogen) atoms. The average molecular weight is 328 g/mol. The van der Waals surface area contributed by atoms with Crippen LogP contribution >= 0.6 is 0 Å². The number of nitrogen functional groups attached to an aromatic ring is 2. The summed E-state index contributed by atoms with van der Waals surface area (Å²) in [6, 6.07) is 0. The van der Waals surface area contributed by atoms with Crippen LogP contribution in [-0.4, -0.2) is 39.9 Å². The van der Waals surface area contributed by atoms with Crippen LogP contribution < -0.4 is 22.6 Å². The molecule has 0 aliphatic rings. The first kappa shape index (κ1) is 13.9. The van der Waals surface area contributed by atoms with Gasteiger partial charge >= 0.3 is 0 Å². The van der Waals surface area contributed by atoms with E-state index in [0.29, 0.717) is 24.5 Å². The van der Waals surface area contributed by atoms with Gasteiger partial charge in [0.1, 0.15) is 11.6 Å². The standard InChI is InChI=1S/C12H12N10O2/c13-11-19-7-5(9(23)21-11)15-3(17-7)1-2-4-16-6-8(18-4)20-12(14)22-10(6)24/h1-2H2,(H4,13,15,17,19,21,23)(H4,14,16,18,20,22,24). The number of hydrogen-bond donors (Lipinski definition) is 6. The highest BCUT2D eigenvalue weighted by molar-refractivity contribution is 5.71. The predicted molar refractivity (Wildman–Crippen MR) is 85.3 cm³/mol. The lowest BCUT2D eigenvalue weighted by Gasteiger charge is -1.92. The fraction of sp³-hybridized carbons (Fsp3) is 0.167. The highest BCUT2D eigenvalue weighted by Crippen LogP contribution is 2.09. The maximum absolute atomic E-state index is 11.8. The van der Waals surface area contributed by atoms with Gasteiger partial charge in [0.2, 0.25) is 11.9 Å². The molecule has 4 heterocycles. The molecule has 0 radical (unpaired) electrons. The van der Waals surface area contributed by atoms with Gasteiger partial charge < -0.3 is 21.4 Å². The number of aryl methyl sites for hydroxylation is 2. The Balaban J connectivity index is 1.63. The van der Waals surface area contributed by atoms with E-state index in [1.54, 1.807) is 0 Å². The molecule has 0 spiro atoms. The molecule has 0 unspecified atom stereocenters. The van der Waals surface area contributed by atoms with Crippen molar-refractivity contribution in [1.82, 2.24) is 39.9 Å². The quantitative estimate of drug-likeness (QED) is 0.262. The highest BCUT2D eigenvalue weighted by atomic mass is 16.1. The summed E-state index contributed by atoms with van der Waals surface area (Å²) in [5.41, 5.74) is 11.2. The summed E-state index contributed by atoms with van der Waals surface area (Å²) in [4.78, 5) is 50.4. The number of nitrogens with two attached hydrogens (primary N) is 2. The van der Waals surface area contributed by atoms with Crippen LogP contribution in [0.5, 0.6) is 0 Å². The lowest BCUT2D eigenvalue weighted by atomic mass is 10.3. The molecular weight excluding hydrogens is 316 g/mol. The van der Waals surface area contributed by atoms with E-state index in [1.165, 1.54) is 0 Å². The molecule has 4 rings (SSSR count). The Hall–Kier alpha value is -3.70. The lowest BCUT2D eigenvalue weighted by molar-refractivity contribution is 0.842. The summed E-state index contributed by atoms with van der Waals surface area (Å²) in [6.07, 6.45) is 0.895. The monoisotopic (exact) mass is 328 g/mol. The Labute approximate surface area is 131 Å². The Morgan fingerprint density at radius 1 is 0.667 bits per heavy atom. The zero-order chi connectivity index (χ0) is 16.8. The Kier molecular flexibility index (Phi) is 2.85. The third-order valence-electron chi connectivity index (χ3n) is 3.46. The fourth-order valence-electron chi connectivity index (χ4n) is 2.42. The smallest absolute Gasteiger partial charge is 0.278 e. The predicted octanol–water partition coefficient (Wildman–Crippen LogP) is -1.44. The molecule has 8 N–H and O–H groups in total. The lowest BCUT2D eigenvalue weighted by Crippen LogP contribution is -2.11. The van der Waals surface area contributed by atoms with Gasteiger partial charge in [-0.3, -0.25) is 19.6 Å². The van der Waals surface area contributed by atoms with Crippen LogP contribution in [0.25, 0.3) is 22.3 Å². The Morgan fingerprint density at radius 2 is 1.08 bits per heavy atom. The van der Waals surface area contributed by atoms with Gasteiger partial charge in [0.05, 0.1) is 0 Å². The minimum Gasteiger partial charge on any atom is -0.369 e.